The van der Waals surface area contributed by atoms with Gasteiger partial charge in [0.1, 0.15) is 0 Å². The summed E-state index contributed by atoms with van der Waals surface area (Å²) in [6, 6.07) is 4.10. The van der Waals surface area contributed by atoms with Crippen molar-refractivity contribution < 1.29 is 12.6 Å². The van der Waals surface area contributed by atoms with Crippen LogP contribution in [0.5, 0.6) is 0 Å². The number of nitrogens with zero attached hydrogens (tertiary/aromatic N) is 2. The third-order valence-corrected chi connectivity index (χ3v) is 3.03. The van der Waals surface area contributed by atoms with E-state index >= 15 is 0 Å². The molecule has 0 N–H and O–H groups in total. The van der Waals surface area contributed by atoms with Crippen molar-refractivity contribution >= 4 is 10.1 Å². The first kappa shape index (κ1) is 12.0. The molecule has 15 heavy (non-hydrogen) atoms. The molecule has 0 heterocycles. The molecule has 0 aliphatic heterocycles. The average molecular weight is 228 g/mol. The van der Waals surface area contributed by atoms with E-state index in [1.54, 1.807) is 0 Å². The fourth-order valence-electron chi connectivity index (χ4n) is 1.74. The summed E-state index contributed by atoms with van der Waals surface area (Å²) in [5, 5.41) is 17.5. The average Bonchev–Trinajstić information content (AvgIpc) is 2.16. The van der Waals surface area contributed by atoms with E-state index < -0.39 is 22.1 Å². The van der Waals surface area contributed by atoms with Gasteiger partial charge in [-0.1, -0.05) is 0 Å². The summed E-state index contributed by atoms with van der Waals surface area (Å²) in [5.41, 5.74) is 0. The second-order valence-corrected chi connectivity index (χ2v) is 5.31. The van der Waals surface area contributed by atoms with Crippen LogP contribution in [0.15, 0.2) is 0 Å². The van der Waals surface area contributed by atoms with Crippen LogP contribution in [0.2, 0.25) is 0 Å². The van der Waals surface area contributed by atoms with Crippen LogP contribution in [-0.4, -0.2) is 20.8 Å². The second-order valence-electron chi connectivity index (χ2n) is 3.71. The highest BCUT2D eigenvalue weighted by Gasteiger charge is 2.33. The zero-order valence-electron chi connectivity index (χ0n) is 8.38. The fraction of sp³-hybridized carbons (Fsp3) is 0.778. The molecule has 0 radical (unpaired) electrons. The summed E-state index contributed by atoms with van der Waals surface area (Å²) >= 11 is 0. The van der Waals surface area contributed by atoms with Crippen LogP contribution in [0.4, 0.5) is 0 Å². The van der Waals surface area contributed by atoms with Gasteiger partial charge in [0.2, 0.25) is 0 Å². The van der Waals surface area contributed by atoms with Gasteiger partial charge in [-0.3, -0.25) is 4.18 Å². The third kappa shape index (κ3) is 3.50. The third-order valence-electron chi connectivity index (χ3n) is 2.43. The highest BCUT2D eigenvalue weighted by molar-refractivity contribution is 7.86. The molecule has 1 saturated carbocycles. The Labute approximate surface area is 89.4 Å². The SMILES string of the molecule is CS(=O)(=O)OC1CCC(C#N)CC1C#N. The van der Waals surface area contributed by atoms with E-state index in [1.807, 2.05) is 6.07 Å². The molecule has 0 aromatic heterocycles. The Morgan fingerprint density at radius 3 is 2.40 bits per heavy atom. The van der Waals surface area contributed by atoms with Crippen molar-refractivity contribution in [2.45, 2.75) is 25.4 Å². The highest BCUT2D eigenvalue weighted by Crippen LogP contribution is 2.31. The van der Waals surface area contributed by atoms with Gasteiger partial charge >= 0.3 is 0 Å². The summed E-state index contributed by atoms with van der Waals surface area (Å²) in [4.78, 5) is 0. The van der Waals surface area contributed by atoms with Gasteiger partial charge in [-0.2, -0.15) is 18.9 Å². The van der Waals surface area contributed by atoms with Gasteiger partial charge in [0.15, 0.2) is 0 Å². The minimum Gasteiger partial charge on any atom is -0.266 e. The highest BCUT2D eigenvalue weighted by atomic mass is 32.2. The molecular weight excluding hydrogens is 216 g/mol. The lowest BCUT2D eigenvalue weighted by molar-refractivity contribution is 0.115. The molecule has 5 nitrogen and oxygen atoms in total. The summed E-state index contributed by atoms with van der Waals surface area (Å²) in [7, 11) is -3.52. The molecule has 0 amide bonds. The molecule has 82 valence electrons. The van der Waals surface area contributed by atoms with E-state index in [1.165, 1.54) is 0 Å². The zero-order chi connectivity index (χ0) is 11.5. The van der Waals surface area contributed by atoms with E-state index in [0.717, 1.165) is 6.26 Å². The van der Waals surface area contributed by atoms with Crippen molar-refractivity contribution in [1.82, 2.24) is 0 Å². The Hall–Kier alpha value is -1.11. The van der Waals surface area contributed by atoms with Crippen molar-refractivity contribution in [2.75, 3.05) is 6.26 Å². The van der Waals surface area contributed by atoms with Gasteiger partial charge in [-0.05, 0) is 19.3 Å². The Morgan fingerprint density at radius 1 is 1.27 bits per heavy atom. The number of nitriles is 2. The quantitative estimate of drug-likeness (QED) is 0.652. The number of hydrogen-bond acceptors (Lipinski definition) is 5. The van der Waals surface area contributed by atoms with Crippen molar-refractivity contribution in [3.8, 4) is 12.1 Å². The van der Waals surface area contributed by atoms with Crippen LogP contribution in [0.3, 0.4) is 0 Å². The molecular formula is C9H12N2O3S. The zero-order valence-corrected chi connectivity index (χ0v) is 9.20. The first-order valence-electron chi connectivity index (χ1n) is 4.63. The Morgan fingerprint density at radius 2 is 1.93 bits per heavy atom. The molecule has 1 aliphatic carbocycles. The molecule has 3 atom stereocenters. The smallest absolute Gasteiger partial charge is 0.264 e. The van der Waals surface area contributed by atoms with Crippen molar-refractivity contribution in [3.05, 3.63) is 0 Å². The lowest BCUT2D eigenvalue weighted by Gasteiger charge is -2.28. The monoisotopic (exact) mass is 228 g/mol. The first-order chi connectivity index (χ1) is 6.96. The van der Waals surface area contributed by atoms with Crippen LogP contribution >= 0.6 is 0 Å². The fourth-order valence-corrected chi connectivity index (χ4v) is 2.41. The summed E-state index contributed by atoms with van der Waals surface area (Å²) in [6.07, 6.45) is 1.82. The lowest BCUT2D eigenvalue weighted by Crippen LogP contribution is -2.32. The maximum atomic E-state index is 10.9. The van der Waals surface area contributed by atoms with Crippen LogP contribution in [0.25, 0.3) is 0 Å². The minimum absolute atomic E-state index is 0.158. The molecule has 1 fully saturated rings. The van der Waals surface area contributed by atoms with Gasteiger partial charge in [-0.15, -0.1) is 0 Å². The Kier molecular flexibility index (Phi) is 3.67. The molecule has 0 aromatic rings. The van der Waals surface area contributed by atoms with Crippen molar-refractivity contribution in [3.63, 3.8) is 0 Å². The maximum absolute atomic E-state index is 10.9. The second kappa shape index (κ2) is 4.61. The molecule has 0 spiro atoms. The van der Waals surface area contributed by atoms with Crippen LogP contribution in [0.1, 0.15) is 19.3 Å². The summed E-state index contributed by atoms with van der Waals surface area (Å²) < 4.78 is 26.6. The Bertz CT molecular complexity index is 404. The molecule has 3 unspecified atom stereocenters. The van der Waals surface area contributed by atoms with Gasteiger partial charge in [0.05, 0.1) is 30.4 Å². The van der Waals surface area contributed by atoms with Crippen molar-refractivity contribution in [1.29, 1.82) is 10.5 Å². The minimum atomic E-state index is -3.52. The standard InChI is InChI=1S/C9H12N2O3S/c1-15(12,13)14-9-3-2-7(5-10)4-8(9)6-11/h7-9H,2-4H2,1H3. The van der Waals surface area contributed by atoms with Gasteiger partial charge in [-0.25, -0.2) is 0 Å². The predicted octanol–water partition coefficient (Wildman–Crippen LogP) is 0.795. The van der Waals surface area contributed by atoms with Crippen LogP contribution < -0.4 is 0 Å². The van der Waals surface area contributed by atoms with E-state index in [2.05, 4.69) is 6.07 Å². The first-order valence-corrected chi connectivity index (χ1v) is 6.45. The van der Waals surface area contributed by atoms with Crippen LogP contribution in [0, 0.1) is 34.5 Å². The summed E-state index contributed by atoms with van der Waals surface area (Å²) in [5.74, 6) is -0.660. The number of hydrogen-bond donors (Lipinski definition) is 0. The largest absolute Gasteiger partial charge is 0.266 e. The summed E-state index contributed by atoms with van der Waals surface area (Å²) in [6.45, 7) is 0. The molecule has 6 heteroatoms. The van der Waals surface area contributed by atoms with Gasteiger partial charge in [0.25, 0.3) is 10.1 Å². The molecule has 1 aliphatic rings. The van der Waals surface area contributed by atoms with Crippen molar-refractivity contribution in [2.24, 2.45) is 11.8 Å². The maximum Gasteiger partial charge on any atom is 0.264 e. The normalized spacial score (nSPS) is 31.5. The molecule has 0 saturated heterocycles. The van der Waals surface area contributed by atoms with Crippen LogP contribution in [-0.2, 0) is 14.3 Å². The van der Waals surface area contributed by atoms with Gasteiger partial charge in [0, 0.05) is 5.92 Å². The molecule has 1 rings (SSSR count). The van der Waals surface area contributed by atoms with E-state index in [4.69, 9.17) is 14.7 Å². The number of rotatable bonds is 2. The predicted molar refractivity (Wildman–Crippen MR) is 51.8 cm³/mol. The molecule has 0 aromatic carbocycles. The topological polar surface area (TPSA) is 90.9 Å². The van der Waals surface area contributed by atoms with E-state index in [-0.39, 0.29) is 5.92 Å². The van der Waals surface area contributed by atoms with E-state index in [0.29, 0.717) is 19.3 Å². The lowest BCUT2D eigenvalue weighted by atomic mass is 9.81. The van der Waals surface area contributed by atoms with E-state index in [9.17, 15) is 8.42 Å². The molecule has 0 bridgehead atoms. The Balaban J connectivity index is 2.69. The van der Waals surface area contributed by atoms with Gasteiger partial charge < -0.3 is 0 Å².